The Hall–Kier alpha value is -2.25. The van der Waals surface area contributed by atoms with E-state index < -0.39 is 27.9 Å². The zero-order valence-electron chi connectivity index (χ0n) is 14.0. The van der Waals surface area contributed by atoms with Crippen LogP contribution in [0.2, 0.25) is 0 Å². The number of halogens is 1. The van der Waals surface area contributed by atoms with Crippen molar-refractivity contribution in [3.05, 3.63) is 65.5 Å². The van der Waals surface area contributed by atoms with Crippen LogP contribution >= 0.6 is 0 Å². The Labute approximate surface area is 146 Å². The highest BCUT2D eigenvalue weighted by Gasteiger charge is 2.24. The normalized spacial score (nSPS) is 12.6. The number of esters is 1. The van der Waals surface area contributed by atoms with Crippen molar-refractivity contribution in [2.75, 3.05) is 6.61 Å². The monoisotopic (exact) mass is 365 g/mol. The van der Waals surface area contributed by atoms with Crippen molar-refractivity contribution in [3.8, 4) is 0 Å². The summed E-state index contributed by atoms with van der Waals surface area (Å²) in [6.07, 6.45) is -0.142. The minimum Gasteiger partial charge on any atom is -0.466 e. The lowest BCUT2D eigenvalue weighted by atomic mass is 10.0. The lowest BCUT2D eigenvalue weighted by Crippen LogP contribution is -2.30. The van der Waals surface area contributed by atoms with Gasteiger partial charge in [-0.05, 0) is 43.7 Å². The lowest BCUT2D eigenvalue weighted by molar-refractivity contribution is -0.143. The number of aryl methyl sites for hydroxylation is 1. The minimum absolute atomic E-state index is 0.0742. The number of hydrogen-bond acceptors (Lipinski definition) is 4. The summed E-state index contributed by atoms with van der Waals surface area (Å²) < 4.78 is 45.5. The van der Waals surface area contributed by atoms with Crippen molar-refractivity contribution in [2.24, 2.45) is 0 Å². The van der Waals surface area contributed by atoms with Crippen LogP contribution in [0, 0.1) is 12.7 Å². The first-order chi connectivity index (χ1) is 11.8. The standard InChI is InChI=1S/C18H20FNO4S/c1-3-24-18(21)12-17(14-6-4-13(2)5-7-14)20-25(22,23)16-10-8-15(19)9-11-16/h4-11,17,20H,3,12H2,1-2H3/t17-/m0/s1. The highest BCUT2D eigenvalue weighted by molar-refractivity contribution is 7.89. The van der Waals surface area contributed by atoms with Crippen molar-refractivity contribution in [3.63, 3.8) is 0 Å². The number of ether oxygens (including phenoxy) is 1. The molecule has 2 rings (SSSR count). The molecule has 0 unspecified atom stereocenters. The van der Waals surface area contributed by atoms with Gasteiger partial charge in [0.1, 0.15) is 5.82 Å². The zero-order valence-corrected chi connectivity index (χ0v) is 14.8. The van der Waals surface area contributed by atoms with Gasteiger partial charge in [0.2, 0.25) is 10.0 Å². The van der Waals surface area contributed by atoms with E-state index in [1.165, 1.54) is 12.1 Å². The number of carbonyl (C=O) groups excluding carboxylic acids is 1. The van der Waals surface area contributed by atoms with E-state index in [4.69, 9.17) is 4.74 Å². The van der Waals surface area contributed by atoms with Gasteiger partial charge in [-0.1, -0.05) is 29.8 Å². The van der Waals surface area contributed by atoms with Crippen LogP contribution in [0.3, 0.4) is 0 Å². The molecule has 1 N–H and O–H groups in total. The van der Waals surface area contributed by atoms with E-state index >= 15 is 0 Å². The average Bonchev–Trinajstić information content (AvgIpc) is 2.55. The molecule has 25 heavy (non-hydrogen) atoms. The molecule has 0 aliphatic heterocycles. The molecule has 0 amide bonds. The zero-order chi connectivity index (χ0) is 18.4. The Morgan fingerprint density at radius 1 is 1.12 bits per heavy atom. The molecule has 5 nitrogen and oxygen atoms in total. The molecule has 0 aliphatic rings. The number of nitrogens with one attached hydrogen (secondary N) is 1. The van der Waals surface area contributed by atoms with Gasteiger partial charge in [0.15, 0.2) is 0 Å². The van der Waals surface area contributed by atoms with E-state index in [0.29, 0.717) is 5.56 Å². The summed E-state index contributed by atoms with van der Waals surface area (Å²) in [7, 11) is -3.92. The summed E-state index contributed by atoms with van der Waals surface area (Å²) in [5.74, 6) is -1.03. The predicted octanol–water partition coefficient (Wildman–Crippen LogP) is 3.11. The maximum atomic E-state index is 13.0. The van der Waals surface area contributed by atoms with Crippen LogP contribution < -0.4 is 4.72 Å². The van der Waals surface area contributed by atoms with Gasteiger partial charge >= 0.3 is 5.97 Å². The second kappa shape index (κ2) is 8.22. The molecular formula is C18H20FNO4S. The second-order valence-electron chi connectivity index (χ2n) is 5.55. The van der Waals surface area contributed by atoms with Crippen molar-refractivity contribution in [2.45, 2.75) is 31.2 Å². The highest BCUT2D eigenvalue weighted by atomic mass is 32.2. The van der Waals surface area contributed by atoms with E-state index in [0.717, 1.165) is 17.7 Å². The van der Waals surface area contributed by atoms with Crippen LogP contribution in [0.4, 0.5) is 4.39 Å². The fourth-order valence-corrected chi connectivity index (χ4v) is 3.51. The maximum Gasteiger partial charge on any atom is 0.307 e. The molecule has 0 aromatic heterocycles. The maximum absolute atomic E-state index is 13.0. The van der Waals surface area contributed by atoms with Gasteiger partial charge in [-0.3, -0.25) is 4.79 Å². The van der Waals surface area contributed by atoms with Crippen molar-refractivity contribution in [1.29, 1.82) is 0 Å². The van der Waals surface area contributed by atoms with E-state index in [1.807, 2.05) is 19.1 Å². The van der Waals surface area contributed by atoms with Crippen molar-refractivity contribution in [1.82, 2.24) is 4.72 Å². The summed E-state index contributed by atoms with van der Waals surface area (Å²) in [4.78, 5) is 11.8. The van der Waals surface area contributed by atoms with Gasteiger partial charge in [-0.15, -0.1) is 0 Å². The highest BCUT2D eigenvalue weighted by Crippen LogP contribution is 2.22. The quantitative estimate of drug-likeness (QED) is 0.765. The third-order valence-electron chi connectivity index (χ3n) is 3.58. The first kappa shape index (κ1) is 19.1. The Bertz CT molecular complexity index is 817. The van der Waals surface area contributed by atoms with Gasteiger partial charge in [-0.25, -0.2) is 17.5 Å². The first-order valence-corrected chi connectivity index (χ1v) is 9.30. The summed E-state index contributed by atoms with van der Waals surface area (Å²) in [5, 5.41) is 0. The topological polar surface area (TPSA) is 72.5 Å². The van der Waals surface area contributed by atoms with Crippen LogP contribution in [0.25, 0.3) is 0 Å². The van der Waals surface area contributed by atoms with Crippen molar-refractivity contribution < 1.29 is 22.3 Å². The molecule has 0 saturated carbocycles. The minimum atomic E-state index is -3.92. The van der Waals surface area contributed by atoms with E-state index in [9.17, 15) is 17.6 Å². The largest absolute Gasteiger partial charge is 0.466 e. The van der Waals surface area contributed by atoms with E-state index in [2.05, 4.69) is 4.72 Å². The van der Waals surface area contributed by atoms with Gasteiger partial charge in [0.05, 0.1) is 24.0 Å². The van der Waals surface area contributed by atoms with Gasteiger partial charge in [-0.2, -0.15) is 0 Å². The third kappa shape index (κ3) is 5.37. The molecule has 0 heterocycles. The molecule has 2 aromatic rings. The van der Waals surface area contributed by atoms with Crippen LogP contribution in [-0.2, 0) is 19.6 Å². The summed E-state index contributed by atoms with van der Waals surface area (Å²) in [6.45, 7) is 3.80. The molecule has 0 spiro atoms. The van der Waals surface area contributed by atoms with Gasteiger partial charge in [0.25, 0.3) is 0 Å². The molecule has 0 aliphatic carbocycles. The number of hydrogen-bond donors (Lipinski definition) is 1. The molecule has 0 fully saturated rings. The van der Waals surface area contributed by atoms with E-state index in [1.54, 1.807) is 19.1 Å². The Morgan fingerprint density at radius 2 is 1.72 bits per heavy atom. The van der Waals surface area contributed by atoms with Crippen LogP contribution in [-0.4, -0.2) is 21.0 Å². The summed E-state index contributed by atoms with van der Waals surface area (Å²) >= 11 is 0. The SMILES string of the molecule is CCOC(=O)C[C@H](NS(=O)(=O)c1ccc(F)cc1)c1ccc(C)cc1. The predicted molar refractivity (Wildman–Crippen MR) is 91.9 cm³/mol. The average molecular weight is 365 g/mol. The molecule has 7 heteroatoms. The molecule has 0 radical (unpaired) electrons. The molecular weight excluding hydrogens is 345 g/mol. The number of benzene rings is 2. The molecule has 1 atom stereocenters. The van der Waals surface area contributed by atoms with Gasteiger partial charge in [0, 0.05) is 0 Å². The first-order valence-electron chi connectivity index (χ1n) is 7.82. The Kier molecular flexibility index (Phi) is 6.27. The van der Waals surface area contributed by atoms with Crippen molar-refractivity contribution >= 4 is 16.0 Å². The van der Waals surface area contributed by atoms with Crippen LogP contribution in [0.5, 0.6) is 0 Å². The fourth-order valence-electron chi connectivity index (χ4n) is 2.28. The lowest BCUT2D eigenvalue weighted by Gasteiger charge is -2.19. The summed E-state index contributed by atoms with van der Waals surface area (Å²) in [5.41, 5.74) is 1.66. The molecule has 0 saturated heterocycles. The Balaban J connectivity index is 2.29. The molecule has 2 aromatic carbocycles. The van der Waals surface area contributed by atoms with Crippen LogP contribution in [0.15, 0.2) is 53.4 Å². The number of carbonyl (C=O) groups is 1. The second-order valence-corrected chi connectivity index (χ2v) is 7.26. The third-order valence-corrected chi connectivity index (χ3v) is 5.06. The summed E-state index contributed by atoms with van der Waals surface area (Å²) in [6, 6.07) is 10.9. The smallest absolute Gasteiger partial charge is 0.307 e. The fraction of sp³-hybridized carbons (Fsp3) is 0.278. The molecule has 0 bridgehead atoms. The van der Waals surface area contributed by atoms with Gasteiger partial charge < -0.3 is 4.74 Å². The van der Waals surface area contributed by atoms with E-state index in [-0.39, 0.29) is 17.9 Å². The number of rotatable bonds is 7. The number of sulfonamides is 1. The Morgan fingerprint density at radius 3 is 2.28 bits per heavy atom. The van der Waals surface area contributed by atoms with Crippen LogP contribution in [0.1, 0.15) is 30.5 Å². The molecule has 134 valence electrons.